The zero-order valence-electron chi connectivity index (χ0n) is 18.7. The SMILES string of the molecule is O=C(NCc1ccco1)C1CCCN(S(=O)(=O)Nc2ccc(F)c(F)c2Nc2ccc(I)cc2F)C1. The van der Waals surface area contributed by atoms with Crippen LogP contribution in [0.3, 0.4) is 0 Å². The first-order valence-electron chi connectivity index (χ1n) is 10.9. The highest BCUT2D eigenvalue weighted by Gasteiger charge is 2.33. The van der Waals surface area contributed by atoms with Gasteiger partial charge in [-0.2, -0.15) is 12.7 Å². The molecule has 0 saturated carbocycles. The Balaban J connectivity index is 1.50. The Morgan fingerprint density at radius 3 is 2.61 bits per heavy atom. The molecule has 0 aliphatic carbocycles. The highest BCUT2D eigenvalue weighted by Crippen LogP contribution is 2.33. The number of benzene rings is 2. The summed E-state index contributed by atoms with van der Waals surface area (Å²) in [6.07, 6.45) is 2.40. The molecule has 8 nitrogen and oxygen atoms in total. The molecule has 2 aromatic carbocycles. The van der Waals surface area contributed by atoms with E-state index < -0.39 is 39.3 Å². The topological polar surface area (TPSA) is 104 Å². The zero-order chi connectivity index (χ0) is 25.9. The Bertz CT molecular complexity index is 1360. The van der Waals surface area contributed by atoms with E-state index in [1.54, 1.807) is 18.2 Å². The second-order valence-corrected chi connectivity index (χ2v) is 11.1. The number of hydrogen-bond acceptors (Lipinski definition) is 5. The first-order chi connectivity index (χ1) is 17.1. The lowest BCUT2D eigenvalue weighted by molar-refractivity contribution is -0.126. The van der Waals surface area contributed by atoms with E-state index in [4.69, 9.17) is 4.42 Å². The van der Waals surface area contributed by atoms with Gasteiger partial charge in [-0.3, -0.25) is 9.52 Å². The van der Waals surface area contributed by atoms with Crippen LogP contribution in [0, 0.1) is 26.9 Å². The number of rotatable bonds is 8. The van der Waals surface area contributed by atoms with Gasteiger partial charge in [-0.1, -0.05) is 0 Å². The van der Waals surface area contributed by atoms with E-state index >= 15 is 0 Å². The number of anilines is 3. The van der Waals surface area contributed by atoms with Crippen molar-refractivity contribution in [1.82, 2.24) is 9.62 Å². The molecule has 1 atom stereocenters. The Hall–Kier alpha value is -2.78. The van der Waals surface area contributed by atoms with Crippen molar-refractivity contribution in [2.75, 3.05) is 23.1 Å². The second kappa shape index (κ2) is 11.1. The molecule has 1 aromatic heterocycles. The van der Waals surface area contributed by atoms with Gasteiger partial charge in [0.25, 0.3) is 0 Å². The van der Waals surface area contributed by atoms with Gasteiger partial charge >= 0.3 is 10.2 Å². The summed E-state index contributed by atoms with van der Waals surface area (Å²) in [5, 5.41) is 5.17. The molecule has 1 amide bonds. The minimum atomic E-state index is -4.26. The minimum absolute atomic E-state index is 0.0997. The van der Waals surface area contributed by atoms with E-state index in [0.717, 1.165) is 16.4 Å². The first kappa shape index (κ1) is 26.3. The minimum Gasteiger partial charge on any atom is -0.467 e. The Morgan fingerprint density at radius 2 is 1.89 bits per heavy atom. The number of piperidine rings is 1. The van der Waals surface area contributed by atoms with Crippen LogP contribution >= 0.6 is 22.6 Å². The van der Waals surface area contributed by atoms with Gasteiger partial charge in [-0.05, 0) is 77.9 Å². The van der Waals surface area contributed by atoms with Gasteiger partial charge < -0.3 is 15.1 Å². The molecule has 1 aliphatic heterocycles. The third kappa shape index (κ3) is 6.13. The molecule has 1 aliphatic rings. The highest BCUT2D eigenvalue weighted by molar-refractivity contribution is 14.1. The smallest absolute Gasteiger partial charge is 0.301 e. The fourth-order valence-corrected chi connectivity index (χ4v) is 5.57. The van der Waals surface area contributed by atoms with E-state index in [1.165, 1.54) is 18.4 Å². The summed E-state index contributed by atoms with van der Waals surface area (Å²) in [6.45, 7) is 0.208. The van der Waals surface area contributed by atoms with E-state index in [1.807, 2.05) is 22.6 Å². The molecule has 0 radical (unpaired) electrons. The molecule has 4 rings (SSSR count). The van der Waals surface area contributed by atoms with Crippen LogP contribution in [0.25, 0.3) is 0 Å². The highest BCUT2D eigenvalue weighted by atomic mass is 127. The summed E-state index contributed by atoms with van der Waals surface area (Å²) in [5.74, 6) is -3.70. The lowest BCUT2D eigenvalue weighted by atomic mass is 9.99. The monoisotopic (exact) mass is 634 g/mol. The summed E-state index contributed by atoms with van der Waals surface area (Å²) in [4.78, 5) is 12.6. The zero-order valence-corrected chi connectivity index (χ0v) is 21.7. The fourth-order valence-electron chi connectivity index (χ4n) is 3.79. The molecular formula is C23H22F3IN4O4S. The second-order valence-electron chi connectivity index (χ2n) is 8.13. The third-order valence-corrected chi connectivity index (χ3v) is 7.80. The average Bonchev–Trinajstić information content (AvgIpc) is 3.37. The maximum absolute atomic E-state index is 14.7. The largest absolute Gasteiger partial charge is 0.467 e. The van der Waals surface area contributed by atoms with Crippen LogP contribution in [0.4, 0.5) is 30.2 Å². The molecule has 1 fully saturated rings. The number of halogens is 4. The Morgan fingerprint density at radius 1 is 1.11 bits per heavy atom. The molecule has 0 spiro atoms. The van der Waals surface area contributed by atoms with E-state index in [2.05, 4.69) is 15.4 Å². The molecule has 13 heteroatoms. The summed E-state index contributed by atoms with van der Waals surface area (Å²) in [7, 11) is -4.26. The van der Waals surface area contributed by atoms with Crippen molar-refractivity contribution in [3.8, 4) is 0 Å². The molecule has 3 N–H and O–H groups in total. The maximum Gasteiger partial charge on any atom is 0.301 e. The quantitative estimate of drug-likeness (QED) is 0.311. The van der Waals surface area contributed by atoms with E-state index in [-0.39, 0.29) is 36.9 Å². The van der Waals surface area contributed by atoms with Crippen molar-refractivity contribution in [3.05, 3.63) is 75.5 Å². The average molecular weight is 634 g/mol. The predicted octanol–water partition coefficient (Wildman–Crippen LogP) is 4.73. The normalized spacial score (nSPS) is 16.5. The number of carbonyl (C=O) groups excluding carboxylic acids is 1. The number of carbonyl (C=O) groups is 1. The van der Waals surface area contributed by atoms with Crippen LogP contribution < -0.4 is 15.4 Å². The standard InChI is InChI=1S/C23H22F3IN4O4S/c24-17-6-8-20(22(21(17)26)29-19-7-5-15(27)11-18(19)25)30-36(33,34)31-9-1-3-14(13-31)23(32)28-12-16-4-2-10-35-16/h2,4-8,10-11,14,29-30H,1,3,9,12-13H2,(H,28,32). The molecule has 192 valence electrons. The molecule has 3 aromatic rings. The van der Waals surface area contributed by atoms with Crippen LogP contribution in [-0.4, -0.2) is 31.7 Å². The molecular weight excluding hydrogens is 612 g/mol. The van der Waals surface area contributed by atoms with Gasteiger partial charge in [-0.25, -0.2) is 13.2 Å². The molecule has 1 saturated heterocycles. The van der Waals surface area contributed by atoms with Gasteiger partial charge in [0.1, 0.15) is 17.3 Å². The lowest BCUT2D eigenvalue weighted by Gasteiger charge is -2.31. The predicted molar refractivity (Wildman–Crippen MR) is 136 cm³/mol. The van der Waals surface area contributed by atoms with E-state index in [9.17, 15) is 26.4 Å². The summed E-state index contributed by atoms with van der Waals surface area (Å²) >= 11 is 1.90. The number of amides is 1. The number of nitrogens with one attached hydrogen (secondary N) is 3. The molecule has 36 heavy (non-hydrogen) atoms. The fraction of sp³-hybridized carbons (Fsp3) is 0.261. The van der Waals surface area contributed by atoms with Crippen LogP contribution in [0.2, 0.25) is 0 Å². The summed E-state index contributed by atoms with van der Waals surface area (Å²) in [6, 6.07) is 9.28. The van der Waals surface area contributed by atoms with E-state index in [0.29, 0.717) is 22.2 Å². The van der Waals surface area contributed by atoms with Crippen LogP contribution in [0.1, 0.15) is 18.6 Å². The van der Waals surface area contributed by atoms with Crippen molar-refractivity contribution in [2.45, 2.75) is 19.4 Å². The number of furan rings is 1. The maximum atomic E-state index is 14.7. The van der Waals surface area contributed by atoms with Crippen molar-refractivity contribution >= 4 is 55.8 Å². The third-order valence-electron chi connectivity index (χ3n) is 5.64. The molecule has 1 unspecified atom stereocenters. The van der Waals surface area contributed by atoms with Gasteiger partial charge in [0.05, 0.1) is 30.1 Å². The van der Waals surface area contributed by atoms with Crippen molar-refractivity contribution in [1.29, 1.82) is 0 Å². The van der Waals surface area contributed by atoms with Gasteiger partial charge in [0.15, 0.2) is 11.6 Å². The number of hydrogen-bond donors (Lipinski definition) is 3. The Kier molecular flexibility index (Phi) is 8.10. The molecule has 2 heterocycles. The van der Waals surface area contributed by atoms with Crippen molar-refractivity contribution in [2.24, 2.45) is 5.92 Å². The molecule has 0 bridgehead atoms. The van der Waals surface area contributed by atoms with Crippen LogP contribution in [0.5, 0.6) is 0 Å². The first-order valence-corrected chi connectivity index (χ1v) is 13.4. The van der Waals surface area contributed by atoms with Gasteiger partial charge in [-0.15, -0.1) is 0 Å². The Labute approximate surface area is 219 Å². The van der Waals surface area contributed by atoms with Crippen molar-refractivity contribution in [3.63, 3.8) is 0 Å². The van der Waals surface area contributed by atoms with Crippen LogP contribution in [-0.2, 0) is 21.5 Å². The van der Waals surface area contributed by atoms with Gasteiger partial charge in [0.2, 0.25) is 5.91 Å². The summed E-state index contributed by atoms with van der Waals surface area (Å²) < 4.78 is 78.3. The van der Waals surface area contributed by atoms with Crippen LogP contribution in [0.15, 0.2) is 53.1 Å². The lowest BCUT2D eigenvalue weighted by Crippen LogP contribution is -2.47. The summed E-state index contributed by atoms with van der Waals surface area (Å²) in [5.41, 5.74) is -1.04. The number of nitrogens with zero attached hydrogens (tertiary/aromatic N) is 1. The van der Waals surface area contributed by atoms with Gasteiger partial charge in [0, 0.05) is 16.7 Å². The van der Waals surface area contributed by atoms with Crippen molar-refractivity contribution < 1.29 is 30.8 Å².